The number of hydrogen-bond acceptors (Lipinski definition) is 5. The molecule has 3 aromatic rings. The minimum Gasteiger partial charge on any atom is -0.441 e. The second-order valence-corrected chi connectivity index (χ2v) is 12.8. The van der Waals surface area contributed by atoms with Gasteiger partial charge in [-0.2, -0.15) is 0 Å². The molecule has 0 spiro atoms. The summed E-state index contributed by atoms with van der Waals surface area (Å²) >= 11 is 0. The van der Waals surface area contributed by atoms with Crippen LogP contribution < -0.4 is 21.3 Å². The summed E-state index contributed by atoms with van der Waals surface area (Å²) in [5, 5.41) is 7.02. The standard InChI is InChI=1S/C28H33N2O4P/c1-27(2,3)32-25(31)29-30-26(33-28(4,5)6)34-35(22-16-10-7-11-17-22,23-18-12-8-13-19-23)24-20-14-9-15-21-24/h7-21H,1-6H3/q+1/b30-26+. The zero-order chi connectivity index (χ0) is 25.5. The number of ether oxygens (including phenoxy) is 2. The summed E-state index contributed by atoms with van der Waals surface area (Å²) in [6, 6.07) is 30.0. The second kappa shape index (κ2) is 10.9. The Balaban J connectivity index is 2.17. The van der Waals surface area contributed by atoms with E-state index in [1.165, 1.54) is 0 Å². The molecule has 0 aliphatic carbocycles. The molecule has 0 atom stereocenters. The molecule has 7 heteroatoms. The van der Waals surface area contributed by atoms with Gasteiger partial charge in [-0.15, -0.1) is 0 Å². The van der Waals surface area contributed by atoms with Gasteiger partial charge in [0, 0.05) is 0 Å². The van der Waals surface area contributed by atoms with Gasteiger partial charge in [-0.1, -0.05) is 65.1 Å². The monoisotopic (exact) mass is 492 g/mol. The minimum absolute atomic E-state index is 0.103. The van der Waals surface area contributed by atoms with Crippen LogP contribution in [0.15, 0.2) is 96.1 Å². The highest BCUT2D eigenvalue weighted by molar-refractivity contribution is 7.92. The van der Waals surface area contributed by atoms with E-state index in [1.54, 1.807) is 20.8 Å². The minimum atomic E-state index is -2.76. The maximum Gasteiger partial charge on any atom is 0.453 e. The van der Waals surface area contributed by atoms with Crippen LogP contribution in [0, 0.1) is 0 Å². The topological polar surface area (TPSA) is 71.2 Å². The number of carbonyl (C=O) groups is 1. The molecule has 0 unspecified atom stereocenters. The predicted octanol–water partition coefficient (Wildman–Crippen LogP) is 5.54. The van der Waals surface area contributed by atoms with Gasteiger partial charge in [0.15, 0.2) is 0 Å². The number of carbonyl (C=O) groups excluding carboxylic acids is 1. The van der Waals surface area contributed by atoms with Crippen molar-refractivity contribution in [2.45, 2.75) is 52.7 Å². The highest BCUT2D eigenvalue weighted by atomic mass is 31.2. The Morgan fingerprint density at radius 1 is 0.629 bits per heavy atom. The maximum absolute atomic E-state index is 12.3. The summed E-state index contributed by atoms with van der Waals surface area (Å²) in [5.74, 6) is 0. The van der Waals surface area contributed by atoms with Crippen molar-refractivity contribution in [2.75, 3.05) is 0 Å². The fourth-order valence-corrected chi connectivity index (χ4v) is 6.61. The van der Waals surface area contributed by atoms with Crippen LogP contribution in [-0.4, -0.2) is 23.4 Å². The Kier molecular flexibility index (Phi) is 8.18. The quantitative estimate of drug-likeness (QED) is 0.203. The fourth-order valence-electron chi connectivity index (χ4n) is 3.32. The van der Waals surface area contributed by atoms with Crippen molar-refractivity contribution >= 4 is 35.6 Å². The van der Waals surface area contributed by atoms with Gasteiger partial charge >= 0.3 is 12.2 Å². The van der Waals surface area contributed by atoms with E-state index in [0.717, 1.165) is 15.9 Å². The first kappa shape index (κ1) is 26.2. The van der Waals surface area contributed by atoms with Crippen molar-refractivity contribution < 1.29 is 18.8 Å². The van der Waals surface area contributed by atoms with Gasteiger partial charge in [0.25, 0.3) is 7.49 Å². The predicted molar refractivity (Wildman–Crippen MR) is 143 cm³/mol. The van der Waals surface area contributed by atoms with Gasteiger partial charge in [0.05, 0.1) is 0 Å². The molecule has 0 aliphatic heterocycles. The van der Waals surface area contributed by atoms with Crippen molar-refractivity contribution in [3.05, 3.63) is 91.0 Å². The highest BCUT2D eigenvalue weighted by Crippen LogP contribution is 2.56. The molecule has 0 aromatic heterocycles. The lowest BCUT2D eigenvalue weighted by Gasteiger charge is -2.28. The number of amides is 1. The number of benzene rings is 3. The average molecular weight is 493 g/mol. The van der Waals surface area contributed by atoms with Crippen LogP contribution in [0.5, 0.6) is 0 Å². The number of nitrogens with zero attached hydrogens (tertiary/aromatic N) is 2. The van der Waals surface area contributed by atoms with Crippen LogP contribution in [0.2, 0.25) is 0 Å². The third-order valence-electron chi connectivity index (χ3n) is 4.57. The molecule has 0 fully saturated rings. The van der Waals surface area contributed by atoms with Crippen molar-refractivity contribution in [2.24, 2.45) is 5.10 Å². The van der Waals surface area contributed by atoms with E-state index in [2.05, 4.69) is 10.5 Å². The Morgan fingerprint density at radius 2 is 1.00 bits per heavy atom. The Hall–Kier alpha value is -3.37. The molecule has 0 saturated heterocycles. The van der Waals surface area contributed by atoms with E-state index in [1.807, 2.05) is 112 Å². The van der Waals surface area contributed by atoms with E-state index in [9.17, 15) is 4.79 Å². The smallest absolute Gasteiger partial charge is 0.441 e. The lowest BCUT2D eigenvalue weighted by Crippen LogP contribution is -2.37. The molecule has 6 nitrogen and oxygen atoms in total. The van der Waals surface area contributed by atoms with Crippen LogP contribution in [-0.2, 0) is 14.0 Å². The summed E-state index contributed by atoms with van der Waals surface area (Å²) in [6.07, 6.45) is -0.924. The Labute approximate surface area is 208 Å². The van der Waals surface area contributed by atoms with Crippen molar-refractivity contribution in [3.8, 4) is 0 Å². The average Bonchev–Trinajstić information content (AvgIpc) is 2.80. The zero-order valence-electron chi connectivity index (χ0n) is 21.1. The summed E-state index contributed by atoms with van der Waals surface area (Å²) in [7, 11) is -2.76. The second-order valence-electron chi connectivity index (χ2n) is 9.87. The molecule has 0 bridgehead atoms. The molecule has 0 saturated carbocycles. The highest BCUT2D eigenvalue weighted by Gasteiger charge is 2.51. The first-order valence-electron chi connectivity index (χ1n) is 11.5. The fraction of sp³-hybridized carbons (Fsp3) is 0.286. The Bertz CT molecular complexity index is 1030. The van der Waals surface area contributed by atoms with Crippen LogP contribution in [0.4, 0.5) is 4.79 Å². The van der Waals surface area contributed by atoms with E-state index in [-0.39, 0.29) is 6.08 Å². The summed E-state index contributed by atoms with van der Waals surface area (Å²) < 4.78 is 18.2. The van der Waals surface area contributed by atoms with Gasteiger partial charge in [-0.3, -0.25) is 4.52 Å². The third-order valence-corrected chi connectivity index (χ3v) is 8.08. The SMILES string of the molecule is CC(C)(C)OC(=O)[N]/N=C(\OC(C)(C)C)O[P+](c1ccccc1)(c1ccccc1)c1ccccc1. The zero-order valence-corrected chi connectivity index (χ0v) is 22.0. The molecule has 0 heterocycles. The van der Waals surface area contributed by atoms with Crippen molar-refractivity contribution in [1.82, 2.24) is 5.43 Å². The number of rotatable bonds is 5. The van der Waals surface area contributed by atoms with Gasteiger partial charge in [0.2, 0.25) is 0 Å². The van der Waals surface area contributed by atoms with E-state index < -0.39 is 24.8 Å². The first-order valence-corrected chi connectivity index (χ1v) is 13.2. The van der Waals surface area contributed by atoms with E-state index in [0.29, 0.717) is 0 Å². The molecule has 3 aromatic carbocycles. The summed E-state index contributed by atoms with van der Waals surface area (Å²) in [4.78, 5) is 12.3. The largest absolute Gasteiger partial charge is 0.453 e. The maximum atomic E-state index is 12.3. The van der Waals surface area contributed by atoms with Crippen LogP contribution in [0.3, 0.4) is 0 Å². The lowest BCUT2D eigenvalue weighted by atomic mass is 10.2. The van der Waals surface area contributed by atoms with Crippen LogP contribution >= 0.6 is 7.49 Å². The summed E-state index contributed by atoms with van der Waals surface area (Å²) in [6.45, 7) is 10.9. The molecular formula is C28H33N2O4P+. The third kappa shape index (κ3) is 7.30. The van der Waals surface area contributed by atoms with Gasteiger partial charge in [-0.05, 0) is 77.9 Å². The molecular weight excluding hydrogens is 459 g/mol. The first-order chi connectivity index (χ1) is 16.5. The number of hydrogen-bond donors (Lipinski definition) is 0. The van der Waals surface area contributed by atoms with E-state index in [4.69, 9.17) is 14.0 Å². The van der Waals surface area contributed by atoms with E-state index >= 15 is 0 Å². The lowest BCUT2D eigenvalue weighted by molar-refractivity contribution is 0.0499. The van der Waals surface area contributed by atoms with Gasteiger partial charge in [0.1, 0.15) is 27.1 Å². The van der Waals surface area contributed by atoms with Crippen LogP contribution in [0.1, 0.15) is 41.5 Å². The molecule has 3 rings (SSSR count). The molecule has 183 valence electrons. The molecule has 0 aliphatic rings. The molecule has 35 heavy (non-hydrogen) atoms. The van der Waals surface area contributed by atoms with Crippen LogP contribution in [0.25, 0.3) is 0 Å². The normalized spacial score (nSPS) is 12.6. The van der Waals surface area contributed by atoms with Gasteiger partial charge in [-0.25, -0.2) is 4.79 Å². The van der Waals surface area contributed by atoms with Crippen molar-refractivity contribution in [3.63, 3.8) is 0 Å². The Morgan fingerprint density at radius 3 is 1.34 bits per heavy atom. The molecule has 1 radical (unpaired) electrons. The van der Waals surface area contributed by atoms with Gasteiger partial charge < -0.3 is 9.47 Å². The summed E-state index contributed by atoms with van der Waals surface area (Å²) in [5.41, 5.74) is 2.41. The van der Waals surface area contributed by atoms with Crippen molar-refractivity contribution in [1.29, 1.82) is 0 Å². The molecule has 1 amide bonds. The molecule has 0 N–H and O–H groups in total.